The van der Waals surface area contributed by atoms with Crippen LogP contribution in [0.25, 0.3) is 0 Å². The van der Waals surface area contributed by atoms with E-state index in [1.54, 1.807) is 0 Å². The second-order valence-corrected chi connectivity index (χ2v) is 5.18. The molecule has 0 aliphatic heterocycles. The molecule has 0 amide bonds. The summed E-state index contributed by atoms with van der Waals surface area (Å²) in [4.78, 5) is 0. The lowest BCUT2D eigenvalue weighted by molar-refractivity contribution is 0.439. The van der Waals surface area contributed by atoms with Crippen molar-refractivity contribution in [1.82, 2.24) is 0 Å². The van der Waals surface area contributed by atoms with Crippen molar-refractivity contribution in [2.75, 3.05) is 6.54 Å². The van der Waals surface area contributed by atoms with Gasteiger partial charge in [-0.25, -0.2) is 0 Å². The van der Waals surface area contributed by atoms with Gasteiger partial charge in [-0.2, -0.15) is 0 Å². The van der Waals surface area contributed by atoms with Crippen LogP contribution in [-0.4, -0.2) is 6.54 Å². The van der Waals surface area contributed by atoms with E-state index in [4.69, 9.17) is 5.73 Å². The molecule has 1 aromatic carbocycles. The van der Waals surface area contributed by atoms with Crippen molar-refractivity contribution in [3.8, 4) is 0 Å². The van der Waals surface area contributed by atoms with Crippen LogP contribution in [0.4, 0.5) is 0 Å². The summed E-state index contributed by atoms with van der Waals surface area (Å²) in [5.41, 5.74) is 10.3. The van der Waals surface area contributed by atoms with Crippen LogP contribution >= 0.6 is 0 Å². The molecule has 0 spiro atoms. The zero-order valence-electron chi connectivity index (χ0n) is 10.5. The Morgan fingerprint density at radius 2 is 1.94 bits per heavy atom. The summed E-state index contributed by atoms with van der Waals surface area (Å²) in [6, 6.07) is 6.65. The molecule has 1 atom stereocenters. The molecule has 1 fully saturated rings. The van der Waals surface area contributed by atoms with Gasteiger partial charge in [-0.15, -0.1) is 0 Å². The molecule has 0 bridgehead atoms. The van der Waals surface area contributed by atoms with E-state index in [-0.39, 0.29) is 0 Å². The molecule has 1 aromatic rings. The normalized spacial score (nSPS) is 18.9. The van der Waals surface area contributed by atoms with Crippen molar-refractivity contribution in [2.24, 2.45) is 11.7 Å². The molecule has 16 heavy (non-hydrogen) atoms. The van der Waals surface area contributed by atoms with E-state index in [0.29, 0.717) is 5.92 Å². The highest BCUT2D eigenvalue weighted by Gasteiger charge is 2.26. The minimum absolute atomic E-state index is 0.586. The van der Waals surface area contributed by atoms with Crippen LogP contribution in [0.2, 0.25) is 0 Å². The molecule has 0 radical (unpaired) electrons. The molecule has 1 aliphatic carbocycles. The molecule has 1 aliphatic rings. The first-order chi connectivity index (χ1) is 7.74. The Morgan fingerprint density at radius 1 is 1.25 bits per heavy atom. The standard InChI is InChI=1S/C15H23N/c1-11-6-5-9-14(12(11)2)15(10-16)13-7-3-4-8-13/h5-6,9,13,15H,3-4,7-8,10,16H2,1-2H3. The number of hydrogen-bond donors (Lipinski definition) is 1. The zero-order valence-corrected chi connectivity index (χ0v) is 10.5. The van der Waals surface area contributed by atoms with Gasteiger partial charge < -0.3 is 5.73 Å². The average molecular weight is 217 g/mol. The van der Waals surface area contributed by atoms with Gasteiger partial charge in [-0.3, -0.25) is 0 Å². The molecule has 88 valence electrons. The van der Waals surface area contributed by atoms with Gasteiger partial charge in [0.05, 0.1) is 0 Å². The van der Waals surface area contributed by atoms with E-state index in [0.717, 1.165) is 12.5 Å². The van der Waals surface area contributed by atoms with E-state index in [2.05, 4.69) is 32.0 Å². The first-order valence-corrected chi connectivity index (χ1v) is 6.50. The van der Waals surface area contributed by atoms with Gasteiger partial charge in [-0.1, -0.05) is 31.0 Å². The Hall–Kier alpha value is -0.820. The van der Waals surface area contributed by atoms with Crippen molar-refractivity contribution < 1.29 is 0 Å². The monoisotopic (exact) mass is 217 g/mol. The first kappa shape index (κ1) is 11.7. The van der Waals surface area contributed by atoms with Crippen LogP contribution in [0.15, 0.2) is 18.2 Å². The second kappa shape index (κ2) is 5.01. The minimum atomic E-state index is 0.586. The van der Waals surface area contributed by atoms with Crippen LogP contribution < -0.4 is 5.73 Å². The van der Waals surface area contributed by atoms with E-state index < -0.39 is 0 Å². The zero-order chi connectivity index (χ0) is 11.5. The quantitative estimate of drug-likeness (QED) is 0.823. The van der Waals surface area contributed by atoms with Crippen molar-refractivity contribution in [1.29, 1.82) is 0 Å². The lowest BCUT2D eigenvalue weighted by atomic mass is 9.82. The minimum Gasteiger partial charge on any atom is -0.330 e. The Kier molecular flexibility index (Phi) is 3.65. The SMILES string of the molecule is Cc1cccc(C(CN)C2CCCC2)c1C. The smallest absolute Gasteiger partial charge is 0.000546 e. The fourth-order valence-electron chi connectivity index (χ4n) is 3.11. The molecule has 1 unspecified atom stereocenters. The molecular formula is C15H23N. The average Bonchev–Trinajstić information content (AvgIpc) is 2.79. The van der Waals surface area contributed by atoms with Crippen LogP contribution in [0, 0.1) is 19.8 Å². The highest BCUT2D eigenvalue weighted by atomic mass is 14.6. The topological polar surface area (TPSA) is 26.0 Å². The Labute approximate surface area is 99.0 Å². The summed E-state index contributed by atoms with van der Waals surface area (Å²) in [5, 5.41) is 0. The number of benzene rings is 1. The summed E-state index contributed by atoms with van der Waals surface area (Å²) in [7, 11) is 0. The fourth-order valence-corrected chi connectivity index (χ4v) is 3.11. The van der Waals surface area contributed by atoms with Crippen molar-refractivity contribution in [3.05, 3.63) is 34.9 Å². The summed E-state index contributed by atoms with van der Waals surface area (Å²) < 4.78 is 0. The molecular weight excluding hydrogens is 194 g/mol. The molecule has 1 nitrogen and oxygen atoms in total. The molecule has 2 rings (SSSR count). The second-order valence-electron chi connectivity index (χ2n) is 5.18. The summed E-state index contributed by atoms with van der Waals surface area (Å²) >= 11 is 0. The van der Waals surface area contributed by atoms with Gasteiger partial charge in [0, 0.05) is 0 Å². The Bertz CT molecular complexity index is 350. The molecule has 0 saturated heterocycles. The van der Waals surface area contributed by atoms with Crippen molar-refractivity contribution in [2.45, 2.75) is 45.4 Å². The largest absolute Gasteiger partial charge is 0.330 e. The summed E-state index contributed by atoms with van der Waals surface area (Å²) in [5.74, 6) is 1.41. The first-order valence-electron chi connectivity index (χ1n) is 6.50. The third-order valence-corrected chi connectivity index (χ3v) is 4.27. The van der Waals surface area contributed by atoms with Crippen LogP contribution in [0.5, 0.6) is 0 Å². The van der Waals surface area contributed by atoms with Gasteiger partial charge in [0.15, 0.2) is 0 Å². The lowest BCUT2D eigenvalue weighted by Crippen LogP contribution is -2.20. The molecule has 1 saturated carbocycles. The maximum Gasteiger partial charge on any atom is -0.000546 e. The van der Waals surface area contributed by atoms with E-state index in [9.17, 15) is 0 Å². The number of aryl methyl sites for hydroxylation is 1. The highest BCUT2D eigenvalue weighted by Crippen LogP contribution is 2.38. The number of rotatable bonds is 3. The van der Waals surface area contributed by atoms with Crippen molar-refractivity contribution in [3.63, 3.8) is 0 Å². The van der Waals surface area contributed by atoms with Gasteiger partial charge >= 0.3 is 0 Å². The summed E-state index contributed by atoms with van der Waals surface area (Å²) in [6.45, 7) is 5.23. The maximum atomic E-state index is 6.00. The van der Waals surface area contributed by atoms with E-state index in [1.165, 1.54) is 42.4 Å². The number of hydrogen-bond acceptors (Lipinski definition) is 1. The maximum absolute atomic E-state index is 6.00. The van der Waals surface area contributed by atoms with Gasteiger partial charge in [0.25, 0.3) is 0 Å². The van der Waals surface area contributed by atoms with Crippen LogP contribution in [0.3, 0.4) is 0 Å². The van der Waals surface area contributed by atoms with E-state index >= 15 is 0 Å². The van der Waals surface area contributed by atoms with E-state index in [1.807, 2.05) is 0 Å². The van der Waals surface area contributed by atoms with Gasteiger partial charge in [0.2, 0.25) is 0 Å². The lowest BCUT2D eigenvalue weighted by Gasteiger charge is -2.24. The fraction of sp³-hybridized carbons (Fsp3) is 0.600. The predicted molar refractivity (Wildman–Crippen MR) is 69.7 cm³/mol. The summed E-state index contributed by atoms with van der Waals surface area (Å²) in [6.07, 6.45) is 5.53. The Morgan fingerprint density at radius 3 is 2.56 bits per heavy atom. The Balaban J connectivity index is 2.28. The molecule has 1 heteroatoms. The van der Waals surface area contributed by atoms with Crippen LogP contribution in [-0.2, 0) is 0 Å². The predicted octanol–water partition coefficient (Wildman–Crippen LogP) is 3.54. The van der Waals surface area contributed by atoms with Gasteiger partial charge in [0.1, 0.15) is 0 Å². The molecule has 0 heterocycles. The third kappa shape index (κ3) is 2.15. The van der Waals surface area contributed by atoms with Crippen molar-refractivity contribution >= 4 is 0 Å². The van der Waals surface area contributed by atoms with Crippen LogP contribution in [0.1, 0.15) is 48.3 Å². The molecule has 0 aromatic heterocycles. The number of nitrogens with two attached hydrogens (primary N) is 1. The highest BCUT2D eigenvalue weighted by molar-refractivity contribution is 5.36. The molecule has 2 N–H and O–H groups in total. The third-order valence-electron chi connectivity index (χ3n) is 4.27. The van der Waals surface area contributed by atoms with Gasteiger partial charge in [-0.05, 0) is 61.8 Å².